The standard InChI is InChI=1S/C18H18ClFO2S/c19-14-4-3-13(18(10-14)12-1-2-12)9-17(22-23)11-21-16-7-5-15(20)6-8-16/h3-8,10,12,17,23H,1-2,9,11H2. The van der Waals surface area contributed by atoms with Crippen molar-refractivity contribution in [2.24, 2.45) is 0 Å². The van der Waals surface area contributed by atoms with Gasteiger partial charge >= 0.3 is 0 Å². The predicted molar refractivity (Wildman–Crippen MR) is 92.9 cm³/mol. The topological polar surface area (TPSA) is 18.5 Å². The molecule has 5 heteroatoms. The van der Waals surface area contributed by atoms with Crippen LogP contribution < -0.4 is 4.74 Å². The molecule has 0 heterocycles. The number of benzene rings is 2. The van der Waals surface area contributed by atoms with E-state index in [1.807, 2.05) is 18.2 Å². The van der Waals surface area contributed by atoms with Gasteiger partial charge in [-0.3, -0.25) is 0 Å². The van der Waals surface area contributed by atoms with E-state index in [2.05, 4.69) is 12.9 Å². The lowest BCUT2D eigenvalue weighted by Crippen LogP contribution is -2.22. The fourth-order valence-electron chi connectivity index (χ4n) is 2.62. The maximum absolute atomic E-state index is 12.9. The Bertz CT molecular complexity index is 659. The summed E-state index contributed by atoms with van der Waals surface area (Å²) in [6, 6.07) is 11.9. The molecule has 0 amide bonds. The molecule has 2 aromatic carbocycles. The first-order chi connectivity index (χ1) is 11.2. The molecule has 1 aliphatic rings. The maximum atomic E-state index is 12.9. The first-order valence-electron chi connectivity index (χ1n) is 7.62. The summed E-state index contributed by atoms with van der Waals surface area (Å²) >= 11 is 10.1. The molecule has 1 unspecified atom stereocenters. The molecule has 0 spiro atoms. The highest BCUT2D eigenvalue weighted by Gasteiger charge is 2.27. The largest absolute Gasteiger partial charge is 0.491 e. The molecule has 0 saturated heterocycles. The third-order valence-electron chi connectivity index (χ3n) is 3.97. The molecule has 0 aliphatic heterocycles. The molecular weight excluding hydrogens is 335 g/mol. The van der Waals surface area contributed by atoms with E-state index in [9.17, 15) is 4.39 Å². The smallest absolute Gasteiger partial charge is 0.123 e. The van der Waals surface area contributed by atoms with Crippen molar-refractivity contribution in [3.63, 3.8) is 0 Å². The Kier molecular flexibility index (Phi) is 5.46. The van der Waals surface area contributed by atoms with Crippen molar-refractivity contribution in [1.82, 2.24) is 0 Å². The molecule has 1 aliphatic carbocycles. The number of ether oxygens (including phenoxy) is 1. The number of hydrogen-bond donors (Lipinski definition) is 1. The molecule has 122 valence electrons. The van der Waals surface area contributed by atoms with Gasteiger partial charge in [0.05, 0.1) is 0 Å². The average molecular weight is 353 g/mol. The molecule has 0 bridgehead atoms. The first-order valence-corrected chi connectivity index (χ1v) is 8.37. The lowest BCUT2D eigenvalue weighted by molar-refractivity contribution is 0.153. The van der Waals surface area contributed by atoms with Crippen LogP contribution in [0.15, 0.2) is 42.5 Å². The lowest BCUT2D eigenvalue weighted by atomic mass is 9.98. The zero-order valence-corrected chi connectivity index (χ0v) is 14.2. The van der Waals surface area contributed by atoms with Gasteiger partial charge in [-0.15, -0.1) is 0 Å². The van der Waals surface area contributed by atoms with E-state index in [1.165, 1.54) is 36.1 Å². The van der Waals surface area contributed by atoms with Crippen molar-refractivity contribution in [2.45, 2.75) is 31.3 Å². The van der Waals surface area contributed by atoms with E-state index in [-0.39, 0.29) is 11.9 Å². The van der Waals surface area contributed by atoms with E-state index < -0.39 is 0 Å². The van der Waals surface area contributed by atoms with Gasteiger partial charge < -0.3 is 8.92 Å². The molecular formula is C18H18ClFO2S. The highest BCUT2D eigenvalue weighted by Crippen LogP contribution is 2.42. The Hall–Kier alpha value is -1.23. The monoisotopic (exact) mass is 352 g/mol. The minimum atomic E-state index is -0.283. The van der Waals surface area contributed by atoms with Crippen LogP contribution in [0.3, 0.4) is 0 Å². The minimum Gasteiger partial charge on any atom is -0.491 e. The van der Waals surface area contributed by atoms with E-state index in [0.29, 0.717) is 24.7 Å². The van der Waals surface area contributed by atoms with Gasteiger partial charge in [0.2, 0.25) is 0 Å². The van der Waals surface area contributed by atoms with Crippen LogP contribution in [0.4, 0.5) is 4.39 Å². The molecule has 1 atom stereocenters. The van der Waals surface area contributed by atoms with Crippen molar-refractivity contribution in [2.75, 3.05) is 6.61 Å². The summed E-state index contributed by atoms with van der Waals surface area (Å²) in [7, 11) is 0. The zero-order chi connectivity index (χ0) is 16.2. The highest BCUT2D eigenvalue weighted by atomic mass is 35.5. The van der Waals surface area contributed by atoms with Gasteiger partial charge in [-0.25, -0.2) is 4.39 Å². The molecule has 0 aromatic heterocycles. The van der Waals surface area contributed by atoms with Gasteiger partial charge in [0.15, 0.2) is 0 Å². The second kappa shape index (κ2) is 7.56. The molecule has 1 fully saturated rings. The summed E-state index contributed by atoms with van der Waals surface area (Å²) in [4.78, 5) is 0. The predicted octanol–water partition coefficient (Wildman–Crippen LogP) is 5.21. The van der Waals surface area contributed by atoms with Crippen molar-refractivity contribution in [1.29, 1.82) is 0 Å². The van der Waals surface area contributed by atoms with Gasteiger partial charge in [0.25, 0.3) is 0 Å². The summed E-state index contributed by atoms with van der Waals surface area (Å²) in [5, 5.41) is 0.765. The van der Waals surface area contributed by atoms with E-state index in [1.54, 1.807) is 12.1 Å². The van der Waals surface area contributed by atoms with Gasteiger partial charge in [0.1, 0.15) is 24.3 Å². The normalized spacial score (nSPS) is 15.4. The van der Waals surface area contributed by atoms with E-state index in [0.717, 1.165) is 5.02 Å². The third kappa shape index (κ3) is 4.63. The van der Waals surface area contributed by atoms with Crippen LogP contribution in [-0.2, 0) is 10.6 Å². The van der Waals surface area contributed by atoms with Crippen molar-refractivity contribution >= 4 is 24.5 Å². The van der Waals surface area contributed by atoms with Crippen molar-refractivity contribution in [3.8, 4) is 5.75 Å². The van der Waals surface area contributed by atoms with Gasteiger partial charge in [0, 0.05) is 11.4 Å². The Labute approximate surface area is 146 Å². The average Bonchev–Trinajstić information content (AvgIpc) is 3.39. The van der Waals surface area contributed by atoms with Crippen LogP contribution in [0.1, 0.15) is 29.9 Å². The van der Waals surface area contributed by atoms with Gasteiger partial charge in [-0.1, -0.05) is 17.7 Å². The van der Waals surface area contributed by atoms with Crippen LogP contribution in [-0.4, -0.2) is 12.7 Å². The summed E-state index contributed by atoms with van der Waals surface area (Å²) < 4.78 is 23.8. The van der Waals surface area contributed by atoms with Crippen LogP contribution >= 0.6 is 24.5 Å². The molecule has 0 N–H and O–H groups in total. The Balaban J connectivity index is 1.64. The second-order valence-corrected chi connectivity index (χ2v) is 6.46. The quantitative estimate of drug-likeness (QED) is 0.544. The number of thiol groups is 1. The summed E-state index contributed by atoms with van der Waals surface area (Å²) in [5.74, 6) is 0.942. The van der Waals surface area contributed by atoms with Crippen LogP contribution in [0.5, 0.6) is 5.75 Å². The summed E-state index contributed by atoms with van der Waals surface area (Å²) in [6.45, 7) is 0.349. The van der Waals surface area contributed by atoms with Crippen LogP contribution in [0.2, 0.25) is 5.02 Å². The van der Waals surface area contributed by atoms with Gasteiger partial charge in [-0.05, 0) is 79.2 Å². The molecule has 2 aromatic rings. The number of hydrogen-bond acceptors (Lipinski definition) is 3. The fourth-order valence-corrected chi connectivity index (χ4v) is 2.93. The number of halogens is 2. The SMILES string of the molecule is Fc1ccc(OCC(Cc2ccc(Cl)cc2C2CC2)OS)cc1. The molecule has 3 rings (SSSR count). The first kappa shape index (κ1) is 16.6. The summed E-state index contributed by atoms with van der Waals surface area (Å²) in [6.07, 6.45) is 2.94. The molecule has 1 saturated carbocycles. The summed E-state index contributed by atoms with van der Waals surface area (Å²) in [5.41, 5.74) is 2.52. The highest BCUT2D eigenvalue weighted by molar-refractivity contribution is 7.75. The van der Waals surface area contributed by atoms with Crippen molar-refractivity contribution < 1.29 is 13.3 Å². The molecule has 0 radical (unpaired) electrons. The molecule has 2 nitrogen and oxygen atoms in total. The fraction of sp³-hybridized carbons (Fsp3) is 0.333. The Morgan fingerprint density at radius 1 is 1.17 bits per heavy atom. The Morgan fingerprint density at radius 2 is 1.91 bits per heavy atom. The molecule has 23 heavy (non-hydrogen) atoms. The third-order valence-corrected chi connectivity index (χ3v) is 4.50. The van der Waals surface area contributed by atoms with Gasteiger partial charge in [-0.2, -0.15) is 0 Å². The van der Waals surface area contributed by atoms with Crippen LogP contribution in [0.25, 0.3) is 0 Å². The second-order valence-electron chi connectivity index (χ2n) is 5.81. The van der Waals surface area contributed by atoms with Crippen molar-refractivity contribution in [3.05, 3.63) is 64.4 Å². The number of rotatable bonds is 7. The zero-order valence-electron chi connectivity index (χ0n) is 12.5. The Morgan fingerprint density at radius 3 is 2.57 bits per heavy atom. The van der Waals surface area contributed by atoms with E-state index in [4.69, 9.17) is 20.5 Å². The maximum Gasteiger partial charge on any atom is 0.123 e. The van der Waals surface area contributed by atoms with Crippen LogP contribution in [0, 0.1) is 5.82 Å². The minimum absolute atomic E-state index is 0.193. The van der Waals surface area contributed by atoms with E-state index >= 15 is 0 Å². The lowest BCUT2D eigenvalue weighted by Gasteiger charge is -2.17.